The van der Waals surface area contributed by atoms with Crippen LogP contribution >= 0.6 is 0 Å². The van der Waals surface area contributed by atoms with Gasteiger partial charge in [0.1, 0.15) is 11.9 Å². The minimum Gasteiger partial charge on any atom is -0.484 e. The van der Waals surface area contributed by atoms with Crippen LogP contribution in [0.15, 0.2) is 182 Å². The molecule has 0 fully saturated rings. The molecule has 3 aliphatic carbocycles. The number of nitrogens with zero attached hydrogens (tertiary/aromatic N) is 1. The summed E-state index contributed by atoms with van der Waals surface area (Å²) in [6, 6.07) is 51.1. The predicted octanol–water partition coefficient (Wildman–Crippen LogP) is 13.2. The van der Waals surface area contributed by atoms with Crippen molar-refractivity contribution < 1.29 is 4.74 Å². The van der Waals surface area contributed by atoms with E-state index < -0.39 is 0 Å². The number of hydrogen-bond acceptors (Lipinski definition) is 2. The van der Waals surface area contributed by atoms with Crippen molar-refractivity contribution in [3.8, 4) is 28.0 Å². The van der Waals surface area contributed by atoms with Crippen LogP contribution < -0.4 is 9.64 Å². The van der Waals surface area contributed by atoms with Crippen molar-refractivity contribution in [2.45, 2.75) is 43.6 Å². The fraction of sp³-hybridized carbons (Fsp3) is 0.137. The molecule has 0 spiro atoms. The Hall–Kier alpha value is -6.12. The minimum atomic E-state index is -0.0684. The topological polar surface area (TPSA) is 12.5 Å². The van der Waals surface area contributed by atoms with Gasteiger partial charge in [0.15, 0.2) is 0 Å². The Morgan fingerprint density at radius 1 is 0.566 bits per heavy atom. The van der Waals surface area contributed by atoms with Crippen molar-refractivity contribution in [2.75, 3.05) is 4.90 Å². The van der Waals surface area contributed by atoms with Crippen molar-refractivity contribution in [1.29, 1.82) is 0 Å². The summed E-state index contributed by atoms with van der Waals surface area (Å²) in [4.78, 5) is 2.37. The third kappa shape index (κ3) is 5.24. The molecule has 10 rings (SSSR count). The number of fused-ring (bicyclic) bond motifs is 7. The predicted molar refractivity (Wildman–Crippen MR) is 220 cm³/mol. The largest absolute Gasteiger partial charge is 0.484 e. The number of allylic oxidation sites excluding steroid dienone is 6. The molecule has 1 aliphatic heterocycles. The Bertz CT molecular complexity index is 2460. The minimum absolute atomic E-state index is 0.0440. The summed E-state index contributed by atoms with van der Waals surface area (Å²) in [5, 5.41) is 0. The highest BCUT2D eigenvalue weighted by Gasteiger charge is 2.43. The van der Waals surface area contributed by atoms with Gasteiger partial charge in [0.25, 0.3) is 0 Å². The Morgan fingerprint density at radius 3 is 1.94 bits per heavy atom. The molecular formula is C51H41NO. The molecule has 1 heterocycles. The van der Waals surface area contributed by atoms with Gasteiger partial charge in [-0.15, -0.1) is 0 Å². The maximum Gasteiger partial charge on any atom is 0.135 e. The average Bonchev–Trinajstić information content (AvgIpc) is 3.72. The molecule has 0 amide bonds. The van der Waals surface area contributed by atoms with E-state index in [0.29, 0.717) is 5.92 Å². The molecule has 0 radical (unpaired) electrons. The zero-order valence-corrected chi connectivity index (χ0v) is 30.1. The molecule has 0 aromatic heterocycles. The third-order valence-corrected chi connectivity index (χ3v) is 11.8. The summed E-state index contributed by atoms with van der Waals surface area (Å²) in [5.74, 6) is 1.51. The van der Waals surface area contributed by atoms with Crippen LogP contribution in [0.5, 0.6) is 5.75 Å². The molecule has 256 valence electrons. The Kier molecular flexibility index (Phi) is 7.47. The summed E-state index contributed by atoms with van der Waals surface area (Å²) < 4.78 is 6.87. The first-order valence-electron chi connectivity index (χ1n) is 18.9. The SMILES string of the molecule is CC1(C)c2ccccc2-c2c1ccc1c2C2=CC=CC(c3ccc(N(c4ccc(-c5ccccc5)cc4)c4ccc(C5C=CC=CC5)cc4)cc3)C2O1. The lowest BCUT2D eigenvalue weighted by atomic mass is 9.80. The number of rotatable bonds is 6. The molecular weight excluding hydrogens is 643 g/mol. The van der Waals surface area contributed by atoms with Crippen LogP contribution in [0.25, 0.3) is 27.8 Å². The van der Waals surface area contributed by atoms with E-state index in [1.165, 1.54) is 55.6 Å². The fourth-order valence-corrected chi connectivity index (χ4v) is 9.04. The molecule has 2 nitrogen and oxygen atoms in total. The first-order chi connectivity index (χ1) is 26.0. The van der Waals surface area contributed by atoms with Gasteiger partial charge in [0, 0.05) is 45.4 Å². The lowest BCUT2D eigenvalue weighted by molar-refractivity contribution is 0.258. The fourth-order valence-electron chi connectivity index (χ4n) is 9.04. The quantitative estimate of drug-likeness (QED) is 0.173. The van der Waals surface area contributed by atoms with Crippen LogP contribution in [0, 0.1) is 0 Å². The molecule has 2 heteroatoms. The molecule has 4 aliphatic rings. The van der Waals surface area contributed by atoms with Crippen molar-refractivity contribution >= 4 is 22.6 Å². The van der Waals surface area contributed by atoms with E-state index in [4.69, 9.17) is 4.74 Å². The average molecular weight is 684 g/mol. The molecule has 0 saturated heterocycles. The van der Waals surface area contributed by atoms with Gasteiger partial charge in [0.2, 0.25) is 0 Å². The number of benzene rings is 6. The van der Waals surface area contributed by atoms with Crippen LogP contribution in [-0.4, -0.2) is 6.10 Å². The summed E-state index contributed by atoms with van der Waals surface area (Å²) in [7, 11) is 0. The van der Waals surface area contributed by atoms with E-state index in [0.717, 1.165) is 29.2 Å². The van der Waals surface area contributed by atoms with Gasteiger partial charge >= 0.3 is 0 Å². The molecule has 0 N–H and O–H groups in total. The highest BCUT2D eigenvalue weighted by molar-refractivity contribution is 5.96. The van der Waals surface area contributed by atoms with Crippen molar-refractivity contribution in [2.24, 2.45) is 0 Å². The lowest BCUT2D eigenvalue weighted by Crippen LogP contribution is -2.23. The van der Waals surface area contributed by atoms with Gasteiger partial charge < -0.3 is 9.64 Å². The zero-order chi connectivity index (χ0) is 35.5. The van der Waals surface area contributed by atoms with Crippen LogP contribution in [-0.2, 0) is 5.41 Å². The molecule has 0 bridgehead atoms. The number of ether oxygens (including phenoxy) is 1. The van der Waals surface area contributed by atoms with E-state index in [2.05, 4.69) is 201 Å². The van der Waals surface area contributed by atoms with Crippen molar-refractivity contribution in [1.82, 2.24) is 0 Å². The van der Waals surface area contributed by atoms with Gasteiger partial charge in [-0.3, -0.25) is 0 Å². The van der Waals surface area contributed by atoms with E-state index >= 15 is 0 Å². The van der Waals surface area contributed by atoms with Crippen LogP contribution in [0.4, 0.5) is 17.1 Å². The Morgan fingerprint density at radius 2 is 1.23 bits per heavy atom. The third-order valence-electron chi connectivity index (χ3n) is 11.8. The summed E-state index contributed by atoms with van der Waals surface area (Å²) in [6.07, 6.45) is 16.6. The van der Waals surface area contributed by atoms with E-state index in [1.54, 1.807) is 0 Å². The van der Waals surface area contributed by atoms with Crippen LogP contribution in [0.2, 0.25) is 0 Å². The normalized spacial score (nSPS) is 19.8. The van der Waals surface area contributed by atoms with Gasteiger partial charge in [-0.2, -0.15) is 0 Å². The van der Waals surface area contributed by atoms with E-state index in [9.17, 15) is 0 Å². The smallest absolute Gasteiger partial charge is 0.135 e. The first-order valence-corrected chi connectivity index (χ1v) is 18.9. The van der Waals surface area contributed by atoms with Gasteiger partial charge in [-0.1, -0.05) is 153 Å². The zero-order valence-electron chi connectivity index (χ0n) is 30.1. The molecule has 6 aromatic rings. The van der Waals surface area contributed by atoms with E-state index in [-0.39, 0.29) is 17.4 Å². The second kappa shape index (κ2) is 12.5. The van der Waals surface area contributed by atoms with Gasteiger partial charge in [0.05, 0.1) is 0 Å². The molecule has 53 heavy (non-hydrogen) atoms. The monoisotopic (exact) mass is 683 g/mol. The standard InChI is InChI=1S/C51H41NO/c1-51(2)45-19-10-9-16-43(45)48-46(51)32-33-47-49(48)44-18-11-17-42(50(44)53-47)38-24-30-41(31-25-38)52(39-26-20-36(21-27-39)34-12-5-3-6-13-34)40-28-22-37(23-29-40)35-14-7-4-8-15-35/h3-14,16-33,35,42,50H,15H2,1-2H3. The van der Waals surface area contributed by atoms with Gasteiger partial charge in [-0.25, -0.2) is 0 Å². The van der Waals surface area contributed by atoms with Crippen molar-refractivity contribution in [3.05, 3.63) is 210 Å². The number of anilines is 3. The second-order valence-electron chi connectivity index (χ2n) is 15.2. The Labute approximate surface area is 312 Å². The summed E-state index contributed by atoms with van der Waals surface area (Å²) >= 11 is 0. The van der Waals surface area contributed by atoms with Crippen LogP contribution in [0.1, 0.15) is 59.9 Å². The lowest BCUT2D eigenvalue weighted by Gasteiger charge is -2.28. The van der Waals surface area contributed by atoms with Gasteiger partial charge in [-0.05, 0) is 93.4 Å². The number of hydrogen-bond donors (Lipinski definition) is 0. The maximum absolute atomic E-state index is 6.87. The highest BCUT2D eigenvalue weighted by atomic mass is 16.5. The second-order valence-corrected chi connectivity index (χ2v) is 15.2. The molecule has 3 atom stereocenters. The highest BCUT2D eigenvalue weighted by Crippen LogP contribution is 2.57. The van der Waals surface area contributed by atoms with Crippen LogP contribution in [0.3, 0.4) is 0 Å². The first kappa shape index (κ1) is 31.6. The summed E-state index contributed by atoms with van der Waals surface area (Å²) in [5.41, 5.74) is 16.4. The molecule has 0 saturated carbocycles. The molecule has 6 aromatic carbocycles. The maximum atomic E-state index is 6.87. The summed E-state index contributed by atoms with van der Waals surface area (Å²) in [6.45, 7) is 4.69. The molecule has 3 unspecified atom stereocenters. The van der Waals surface area contributed by atoms with E-state index in [1.807, 2.05) is 0 Å². The Balaban J connectivity index is 0.984. The van der Waals surface area contributed by atoms with Crippen molar-refractivity contribution in [3.63, 3.8) is 0 Å².